The SMILES string of the molecule is CN(CC#N)C(=O)C1CCC(C(C)(C)C)CC1. The van der Waals surface area contributed by atoms with Crippen LogP contribution < -0.4 is 0 Å². The van der Waals surface area contributed by atoms with Crippen LogP contribution in [0.25, 0.3) is 0 Å². The zero-order valence-electron chi connectivity index (χ0n) is 11.5. The molecule has 1 saturated carbocycles. The minimum Gasteiger partial charge on any atom is -0.332 e. The number of hydrogen-bond donors (Lipinski definition) is 0. The van der Waals surface area contributed by atoms with Crippen molar-refractivity contribution in [3.05, 3.63) is 0 Å². The van der Waals surface area contributed by atoms with Gasteiger partial charge in [-0.1, -0.05) is 20.8 Å². The second-order valence-corrected chi connectivity index (χ2v) is 6.27. The molecule has 0 saturated heterocycles. The van der Waals surface area contributed by atoms with Crippen molar-refractivity contribution in [2.45, 2.75) is 46.5 Å². The molecule has 0 spiro atoms. The molecule has 3 nitrogen and oxygen atoms in total. The third kappa shape index (κ3) is 3.73. The van der Waals surface area contributed by atoms with Crippen molar-refractivity contribution in [1.29, 1.82) is 5.26 Å². The molecule has 3 heteroatoms. The molecule has 0 bridgehead atoms. The summed E-state index contributed by atoms with van der Waals surface area (Å²) >= 11 is 0. The van der Waals surface area contributed by atoms with Crippen LogP contribution in [-0.2, 0) is 4.79 Å². The van der Waals surface area contributed by atoms with Crippen LogP contribution in [0.4, 0.5) is 0 Å². The summed E-state index contributed by atoms with van der Waals surface area (Å²) in [5, 5.41) is 8.59. The fourth-order valence-electron chi connectivity index (χ4n) is 2.70. The maximum absolute atomic E-state index is 12.0. The number of nitriles is 1. The van der Waals surface area contributed by atoms with Crippen molar-refractivity contribution >= 4 is 5.91 Å². The molecule has 17 heavy (non-hydrogen) atoms. The Bertz CT molecular complexity index is 303. The summed E-state index contributed by atoms with van der Waals surface area (Å²) in [5.41, 5.74) is 0.354. The van der Waals surface area contributed by atoms with Gasteiger partial charge in [-0.25, -0.2) is 0 Å². The zero-order valence-corrected chi connectivity index (χ0v) is 11.5. The van der Waals surface area contributed by atoms with E-state index < -0.39 is 0 Å². The monoisotopic (exact) mass is 236 g/mol. The second-order valence-electron chi connectivity index (χ2n) is 6.27. The predicted octanol–water partition coefficient (Wildman–Crippen LogP) is 2.82. The molecule has 96 valence electrons. The molecule has 0 aromatic rings. The van der Waals surface area contributed by atoms with Crippen LogP contribution in [0.5, 0.6) is 0 Å². The first-order valence-electron chi connectivity index (χ1n) is 6.48. The summed E-state index contributed by atoms with van der Waals surface area (Å²) in [6.07, 6.45) is 4.24. The molecule has 0 atom stereocenters. The molecule has 0 N–H and O–H groups in total. The summed E-state index contributed by atoms with van der Waals surface area (Å²) in [4.78, 5) is 13.6. The number of rotatable bonds is 2. The summed E-state index contributed by atoms with van der Waals surface area (Å²) in [5.74, 6) is 1.03. The Labute approximate surface area is 105 Å². The van der Waals surface area contributed by atoms with Crippen LogP contribution in [-0.4, -0.2) is 24.4 Å². The number of carbonyl (C=O) groups excluding carboxylic acids is 1. The Kier molecular flexibility index (Phi) is 4.56. The van der Waals surface area contributed by atoms with E-state index in [0.29, 0.717) is 5.41 Å². The van der Waals surface area contributed by atoms with Gasteiger partial charge in [-0.3, -0.25) is 4.79 Å². The molecule has 1 rings (SSSR count). The van der Waals surface area contributed by atoms with E-state index in [9.17, 15) is 4.79 Å². The van der Waals surface area contributed by atoms with Crippen molar-refractivity contribution < 1.29 is 4.79 Å². The van der Waals surface area contributed by atoms with E-state index in [1.165, 1.54) is 0 Å². The standard InChI is InChI=1S/C14H24N2O/c1-14(2,3)12-7-5-11(6-8-12)13(17)16(4)10-9-15/h11-12H,5-8,10H2,1-4H3. The van der Waals surface area contributed by atoms with Crippen molar-refractivity contribution in [3.63, 3.8) is 0 Å². The van der Waals surface area contributed by atoms with E-state index in [4.69, 9.17) is 5.26 Å². The molecular weight excluding hydrogens is 212 g/mol. The Morgan fingerprint density at radius 3 is 2.24 bits per heavy atom. The van der Waals surface area contributed by atoms with Crippen molar-refractivity contribution in [1.82, 2.24) is 4.90 Å². The molecule has 1 fully saturated rings. The highest BCUT2D eigenvalue weighted by atomic mass is 16.2. The number of nitrogens with zero attached hydrogens (tertiary/aromatic N) is 2. The maximum Gasteiger partial charge on any atom is 0.226 e. The first kappa shape index (κ1) is 14.0. The van der Waals surface area contributed by atoms with Crippen molar-refractivity contribution in [3.8, 4) is 6.07 Å². The lowest BCUT2D eigenvalue weighted by atomic mass is 9.69. The highest BCUT2D eigenvalue weighted by Crippen LogP contribution is 2.40. The smallest absolute Gasteiger partial charge is 0.226 e. The summed E-state index contributed by atoms with van der Waals surface area (Å²) in [6.45, 7) is 7.04. The normalized spacial score (nSPS) is 25.1. The first-order chi connectivity index (χ1) is 7.86. The van der Waals surface area contributed by atoms with Crippen LogP contribution >= 0.6 is 0 Å². The molecule has 1 amide bonds. The molecule has 1 aliphatic carbocycles. The largest absolute Gasteiger partial charge is 0.332 e. The molecule has 1 aliphatic rings. The average Bonchev–Trinajstić information content (AvgIpc) is 2.27. The number of amides is 1. The van der Waals surface area contributed by atoms with E-state index in [0.717, 1.165) is 31.6 Å². The number of carbonyl (C=O) groups is 1. The van der Waals surface area contributed by atoms with E-state index in [-0.39, 0.29) is 18.4 Å². The summed E-state index contributed by atoms with van der Waals surface area (Å²) in [7, 11) is 1.72. The molecule has 0 unspecified atom stereocenters. The zero-order chi connectivity index (χ0) is 13.1. The molecule has 0 aromatic carbocycles. The third-order valence-corrected chi connectivity index (χ3v) is 3.99. The molecule has 0 aliphatic heterocycles. The summed E-state index contributed by atoms with van der Waals surface area (Å²) in [6, 6.07) is 2.03. The van der Waals surface area contributed by atoms with Crippen LogP contribution in [0.1, 0.15) is 46.5 Å². The molecule has 0 heterocycles. The Balaban J connectivity index is 2.47. The lowest BCUT2D eigenvalue weighted by Gasteiger charge is -2.37. The maximum atomic E-state index is 12.0. The van der Waals surface area contributed by atoms with E-state index in [1.807, 2.05) is 6.07 Å². The Hall–Kier alpha value is -1.04. The average molecular weight is 236 g/mol. The third-order valence-electron chi connectivity index (χ3n) is 3.99. The van der Waals surface area contributed by atoms with Crippen LogP contribution in [0, 0.1) is 28.6 Å². The fraction of sp³-hybridized carbons (Fsp3) is 0.857. The van der Waals surface area contributed by atoms with Gasteiger partial charge in [-0.2, -0.15) is 5.26 Å². The topological polar surface area (TPSA) is 44.1 Å². The van der Waals surface area contributed by atoms with Gasteiger partial charge in [0.15, 0.2) is 0 Å². The van der Waals surface area contributed by atoms with Gasteiger partial charge >= 0.3 is 0 Å². The molecular formula is C14H24N2O. The molecule has 0 radical (unpaired) electrons. The first-order valence-corrected chi connectivity index (χ1v) is 6.48. The van der Waals surface area contributed by atoms with Gasteiger partial charge in [0.25, 0.3) is 0 Å². The lowest BCUT2D eigenvalue weighted by Crippen LogP contribution is -2.36. The predicted molar refractivity (Wildman–Crippen MR) is 68.2 cm³/mol. The van der Waals surface area contributed by atoms with Crippen molar-refractivity contribution in [2.24, 2.45) is 17.3 Å². The van der Waals surface area contributed by atoms with Crippen LogP contribution in [0.2, 0.25) is 0 Å². The quantitative estimate of drug-likeness (QED) is 0.692. The Morgan fingerprint density at radius 2 is 1.82 bits per heavy atom. The second kappa shape index (κ2) is 5.53. The summed E-state index contributed by atoms with van der Waals surface area (Å²) < 4.78 is 0. The minimum atomic E-state index is 0.145. The van der Waals surface area contributed by atoms with Crippen LogP contribution in [0.15, 0.2) is 0 Å². The minimum absolute atomic E-state index is 0.145. The van der Waals surface area contributed by atoms with Gasteiger partial charge in [0.1, 0.15) is 6.54 Å². The van der Waals surface area contributed by atoms with E-state index >= 15 is 0 Å². The van der Waals surface area contributed by atoms with Gasteiger partial charge in [0.05, 0.1) is 6.07 Å². The van der Waals surface area contributed by atoms with Gasteiger partial charge in [0.2, 0.25) is 5.91 Å². The van der Waals surface area contributed by atoms with Crippen molar-refractivity contribution in [2.75, 3.05) is 13.6 Å². The number of hydrogen-bond acceptors (Lipinski definition) is 2. The van der Waals surface area contributed by atoms with Gasteiger partial charge in [-0.15, -0.1) is 0 Å². The molecule has 0 aromatic heterocycles. The van der Waals surface area contributed by atoms with Crippen LogP contribution in [0.3, 0.4) is 0 Å². The lowest BCUT2D eigenvalue weighted by molar-refractivity contribution is -0.135. The highest BCUT2D eigenvalue weighted by Gasteiger charge is 2.33. The van der Waals surface area contributed by atoms with Gasteiger partial charge in [-0.05, 0) is 37.0 Å². The Morgan fingerprint density at radius 1 is 1.29 bits per heavy atom. The van der Waals surface area contributed by atoms with E-state index in [2.05, 4.69) is 20.8 Å². The van der Waals surface area contributed by atoms with E-state index in [1.54, 1.807) is 11.9 Å². The van der Waals surface area contributed by atoms with Gasteiger partial charge < -0.3 is 4.90 Å². The van der Waals surface area contributed by atoms with Gasteiger partial charge in [0, 0.05) is 13.0 Å². The highest BCUT2D eigenvalue weighted by molar-refractivity contribution is 5.78. The fourth-order valence-corrected chi connectivity index (χ4v) is 2.70.